The molecule has 0 saturated carbocycles. The Labute approximate surface area is 138 Å². The summed E-state index contributed by atoms with van der Waals surface area (Å²) in [6.45, 7) is 2.29. The minimum absolute atomic E-state index is 0.118. The maximum Gasteiger partial charge on any atom is 0.368 e. The lowest BCUT2D eigenvalue weighted by molar-refractivity contribution is 0.277. The number of halogens is 1. The highest BCUT2D eigenvalue weighted by Crippen LogP contribution is 2.53. The second-order valence-electron chi connectivity index (χ2n) is 5.69. The third-order valence-corrected chi connectivity index (χ3v) is 5.21. The monoisotopic (exact) mass is 334 g/mol. The molecule has 0 spiro atoms. The fourth-order valence-corrected chi connectivity index (χ4v) is 3.96. The molecule has 0 amide bonds. The second-order valence-corrected chi connectivity index (χ2v) is 7.49. The highest BCUT2D eigenvalue weighted by atomic mass is 31.2. The molecule has 0 radical (unpaired) electrons. The van der Waals surface area contributed by atoms with Crippen LogP contribution < -0.4 is 0 Å². The maximum absolute atomic E-state index is 14.5. The van der Waals surface area contributed by atoms with E-state index < -0.39 is 7.68 Å². The highest BCUT2D eigenvalue weighted by Gasteiger charge is 2.29. The van der Waals surface area contributed by atoms with E-state index in [9.17, 15) is 8.76 Å². The predicted octanol–water partition coefficient (Wildman–Crippen LogP) is 6.19. The number of hydrogen-bond acceptors (Lipinski definition) is 2. The van der Waals surface area contributed by atoms with Crippen molar-refractivity contribution >= 4 is 7.68 Å². The summed E-state index contributed by atoms with van der Waals surface area (Å²) in [7, 11) is -4.12. The molecular weight excluding hydrogens is 310 g/mol. The molecular formula is C19H24FO2P. The van der Waals surface area contributed by atoms with E-state index in [1.807, 2.05) is 60.7 Å². The average molecular weight is 334 g/mol. The van der Waals surface area contributed by atoms with Crippen LogP contribution in [0.2, 0.25) is 0 Å². The minimum Gasteiger partial charge on any atom is -0.306 e. The molecule has 0 saturated heterocycles. The van der Waals surface area contributed by atoms with E-state index in [0.29, 0.717) is 0 Å². The van der Waals surface area contributed by atoms with Gasteiger partial charge in [-0.05, 0) is 17.5 Å². The summed E-state index contributed by atoms with van der Waals surface area (Å²) in [5.41, 5.74) is 1.91. The van der Waals surface area contributed by atoms with Crippen LogP contribution in [0.15, 0.2) is 60.7 Å². The number of hydrogen-bond donors (Lipinski definition) is 0. The zero-order valence-electron chi connectivity index (χ0n) is 13.5. The lowest BCUT2D eigenvalue weighted by Gasteiger charge is -2.20. The zero-order chi connectivity index (χ0) is 16.5. The quantitative estimate of drug-likeness (QED) is 0.404. The normalized spacial score (nSPS) is 13.9. The van der Waals surface area contributed by atoms with E-state index >= 15 is 0 Å². The van der Waals surface area contributed by atoms with Gasteiger partial charge in [-0.15, -0.1) is 0 Å². The Morgan fingerprint density at radius 1 is 0.957 bits per heavy atom. The van der Waals surface area contributed by atoms with Gasteiger partial charge in [0.25, 0.3) is 0 Å². The summed E-state index contributed by atoms with van der Waals surface area (Å²) < 4.78 is 31.8. The minimum atomic E-state index is -4.12. The summed E-state index contributed by atoms with van der Waals surface area (Å²) >= 11 is 0. The third kappa shape index (κ3) is 5.93. The van der Waals surface area contributed by atoms with E-state index in [4.69, 9.17) is 4.52 Å². The van der Waals surface area contributed by atoms with Gasteiger partial charge in [-0.2, -0.15) is 4.20 Å². The van der Waals surface area contributed by atoms with Crippen LogP contribution in [0.5, 0.6) is 0 Å². The Morgan fingerprint density at radius 3 is 1.96 bits per heavy atom. The van der Waals surface area contributed by atoms with E-state index in [0.717, 1.165) is 30.4 Å². The summed E-state index contributed by atoms with van der Waals surface area (Å²) in [5, 5.41) is 0. The SMILES string of the molecule is CCCCCOP(=O)(F)CC(c1ccccc1)c1ccccc1. The van der Waals surface area contributed by atoms with Gasteiger partial charge < -0.3 is 4.52 Å². The van der Waals surface area contributed by atoms with Crippen LogP contribution in [0, 0.1) is 0 Å². The molecule has 0 aliphatic rings. The average Bonchev–Trinajstić information content (AvgIpc) is 2.58. The van der Waals surface area contributed by atoms with Crippen LogP contribution in [0.25, 0.3) is 0 Å². The van der Waals surface area contributed by atoms with Crippen LogP contribution in [0.4, 0.5) is 4.20 Å². The first-order chi connectivity index (χ1) is 11.1. The van der Waals surface area contributed by atoms with Crippen LogP contribution in [0.3, 0.4) is 0 Å². The van der Waals surface area contributed by atoms with Crippen LogP contribution in [-0.2, 0) is 9.09 Å². The standard InChI is InChI=1S/C19H24FO2P/c1-2-3-10-15-22-23(20,21)16-19(17-11-6-4-7-12-17)18-13-8-5-9-14-18/h4-9,11-14,19H,2-3,10,15-16H2,1H3. The molecule has 2 aromatic rings. The Balaban J connectivity index is 2.14. The van der Waals surface area contributed by atoms with Crippen molar-refractivity contribution in [1.82, 2.24) is 0 Å². The molecule has 0 aliphatic heterocycles. The molecule has 2 rings (SSSR count). The highest BCUT2D eigenvalue weighted by molar-refractivity contribution is 7.53. The lowest BCUT2D eigenvalue weighted by atomic mass is 9.93. The van der Waals surface area contributed by atoms with Crippen molar-refractivity contribution in [3.05, 3.63) is 71.8 Å². The first-order valence-electron chi connectivity index (χ1n) is 8.15. The first kappa shape index (κ1) is 17.9. The Hall–Kier alpha value is -1.44. The van der Waals surface area contributed by atoms with Gasteiger partial charge in [0.1, 0.15) is 0 Å². The molecule has 0 N–H and O–H groups in total. The summed E-state index contributed by atoms with van der Waals surface area (Å²) in [6.07, 6.45) is 2.61. The van der Waals surface area contributed by atoms with Gasteiger partial charge in [-0.25, -0.2) is 0 Å². The molecule has 1 atom stereocenters. The smallest absolute Gasteiger partial charge is 0.306 e. The van der Waals surface area contributed by atoms with Gasteiger partial charge in [0, 0.05) is 5.92 Å². The van der Waals surface area contributed by atoms with Gasteiger partial charge in [-0.3, -0.25) is 4.57 Å². The zero-order valence-corrected chi connectivity index (χ0v) is 14.4. The van der Waals surface area contributed by atoms with Crippen molar-refractivity contribution < 1.29 is 13.3 Å². The van der Waals surface area contributed by atoms with Crippen LogP contribution in [0.1, 0.15) is 43.2 Å². The van der Waals surface area contributed by atoms with E-state index in [1.54, 1.807) is 0 Å². The number of rotatable bonds is 9. The molecule has 0 fully saturated rings. The molecule has 0 aliphatic carbocycles. The number of benzene rings is 2. The first-order valence-corrected chi connectivity index (χ1v) is 9.85. The summed E-state index contributed by atoms with van der Waals surface area (Å²) in [5.74, 6) is -0.264. The van der Waals surface area contributed by atoms with Crippen molar-refractivity contribution in [2.24, 2.45) is 0 Å². The Bertz CT molecular complexity index is 576. The molecule has 4 heteroatoms. The second kappa shape index (κ2) is 9.00. The Morgan fingerprint density at radius 2 is 1.48 bits per heavy atom. The lowest BCUT2D eigenvalue weighted by Crippen LogP contribution is -2.07. The van der Waals surface area contributed by atoms with Crippen molar-refractivity contribution in [2.75, 3.05) is 12.8 Å². The molecule has 0 aromatic heterocycles. The third-order valence-electron chi connectivity index (χ3n) is 3.84. The van der Waals surface area contributed by atoms with Crippen LogP contribution in [-0.4, -0.2) is 12.8 Å². The molecule has 2 nitrogen and oxygen atoms in total. The molecule has 0 bridgehead atoms. The van der Waals surface area contributed by atoms with Gasteiger partial charge >= 0.3 is 7.68 Å². The van der Waals surface area contributed by atoms with Crippen molar-refractivity contribution in [3.8, 4) is 0 Å². The van der Waals surface area contributed by atoms with Crippen molar-refractivity contribution in [3.63, 3.8) is 0 Å². The molecule has 0 heterocycles. The van der Waals surface area contributed by atoms with Gasteiger partial charge in [0.2, 0.25) is 0 Å². The summed E-state index contributed by atoms with van der Waals surface area (Å²) in [6, 6.07) is 19.2. The van der Waals surface area contributed by atoms with Crippen molar-refractivity contribution in [2.45, 2.75) is 32.1 Å². The topological polar surface area (TPSA) is 26.3 Å². The van der Waals surface area contributed by atoms with Crippen molar-refractivity contribution in [1.29, 1.82) is 0 Å². The predicted molar refractivity (Wildman–Crippen MR) is 93.8 cm³/mol. The van der Waals surface area contributed by atoms with E-state index in [2.05, 4.69) is 6.92 Å². The van der Waals surface area contributed by atoms with E-state index in [1.165, 1.54) is 0 Å². The molecule has 2 aromatic carbocycles. The molecule has 23 heavy (non-hydrogen) atoms. The maximum atomic E-state index is 14.5. The summed E-state index contributed by atoms with van der Waals surface area (Å²) in [4.78, 5) is 0. The van der Waals surface area contributed by atoms with Crippen LogP contribution >= 0.6 is 7.68 Å². The molecule has 124 valence electrons. The van der Waals surface area contributed by atoms with Gasteiger partial charge in [0.05, 0.1) is 12.8 Å². The van der Waals surface area contributed by atoms with Gasteiger partial charge in [-0.1, -0.05) is 80.4 Å². The fourth-order valence-electron chi connectivity index (χ4n) is 2.60. The fraction of sp³-hybridized carbons (Fsp3) is 0.368. The largest absolute Gasteiger partial charge is 0.368 e. The Kier molecular flexibility index (Phi) is 7.01. The number of unbranched alkanes of at least 4 members (excludes halogenated alkanes) is 2. The molecule has 1 unspecified atom stereocenters. The van der Waals surface area contributed by atoms with Gasteiger partial charge in [0.15, 0.2) is 0 Å². The van der Waals surface area contributed by atoms with E-state index in [-0.39, 0.29) is 18.7 Å².